The third kappa shape index (κ3) is 5.07. The van der Waals surface area contributed by atoms with Gasteiger partial charge in [-0.2, -0.15) is 0 Å². The van der Waals surface area contributed by atoms with Crippen LogP contribution in [0.3, 0.4) is 0 Å². The number of esters is 1. The lowest BCUT2D eigenvalue weighted by Gasteiger charge is -2.24. The van der Waals surface area contributed by atoms with E-state index in [2.05, 4.69) is 9.72 Å². The molecule has 0 fully saturated rings. The number of ether oxygens (including phenoxy) is 2. The maximum atomic E-state index is 11.5. The highest BCUT2D eigenvalue weighted by molar-refractivity contribution is 5.82. The third-order valence-electron chi connectivity index (χ3n) is 2.84. The molecule has 0 aliphatic rings. The number of carbonyl (C=O) groups is 2. The van der Waals surface area contributed by atoms with Crippen molar-refractivity contribution >= 4 is 12.4 Å². The van der Waals surface area contributed by atoms with E-state index in [1.165, 1.54) is 0 Å². The minimum atomic E-state index is -2.05. The second-order valence-corrected chi connectivity index (χ2v) is 4.28. The van der Waals surface area contributed by atoms with Crippen molar-refractivity contribution < 1.29 is 24.2 Å². The summed E-state index contributed by atoms with van der Waals surface area (Å²) in [5, 5.41) is 10.0. The van der Waals surface area contributed by atoms with Gasteiger partial charge in [0.15, 0.2) is 0 Å². The van der Waals surface area contributed by atoms with Crippen molar-refractivity contribution in [3.63, 3.8) is 0 Å². The van der Waals surface area contributed by atoms with Crippen molar-refractivity contribution in [1.29, 1.82) is 0 Å². The smallest absolute Gasteiger partial charge is 0.374 e. The van der Waals surface area contributed by atoms with Crippen LogP contribution < -0.4 is 0 Å². The van der Waals surface area contributed by atoms with Crippen molar-refractivity contribution in [2.45, 2.75) is 38.4 Å². The van der Waals surface area contributed by atoms with Gasteiger partial charge in [-0.15, -0.1) is 0 Å². The van der Waals surface area contributed by atoms with E-state index in [0.29, 0.717) is 6.42 Å². The monoisotopic (exact) mass is 281 g/mol. The molecular weight excluding hydrogens is 262 g/mol. The first-order valence-corrected chi connectivity index (χ1v) is 6.52. The van der Waals surface area contributed by atoms with Gasteiger partial charge in [0.05, 0.1) is 0 Å². The molecule has 1 atom stereocenters. The van der Waals surface area contributed by atoms with Crippen molar-refractivity contribution in [2.24, 2.45) is 0 Å². The van der Waals surface area contributed by atoms with E-state index < -0.39 is 11.8 Å². The van der Waals surface area contributed by atoms with Crippen LogP contribution in [0, 0.1) is 0 Å². The first-order chi connectivity index (χ1) is 9.62. The molecule has 0 amide bonds. The molecule has 0 radical (unpaired) electrons. The zero-order chi connectivity index (χ0) is 14.8. The van der Waals surface area contributed by atoms with Gasteiger partial charge in [0, 0.05) is 25.4 Å². The molecular formula is C14H19NO5. The summed E-state index contributed by atoms with van der Waals surface area (Å²) in [6, 6.07) is 3.82. The van der Waals surface area contributed by atoms with Gasteiger partial charge in [-0.3, -0.25) is 9.78 Å². The quantitative estimate of drug-likeness (QED) is 0.241. The maximum absolute atomic E-state index is 11.5. The predicted octanol–water partition coefficient (Wildman–Crippen LogP) is 1.22. The summed E-state index contributed by atoms with van der Waals surface area (Å²) in [5.41, 5.74) is 1.13. The summed E-state index contributed by atoms with van der Waals surface area (Å²) in [6.45, 7) is 1.79. The molecule has 0 aliphatic heterocycles. The number of unbranched alkanes of at least 4 members (excludes halogenated alkanes) is 1. The maximum Gasteiger partial charge on any atom is 0.374 e. The van der Waals surface area contributed by atoms with Crippen LogP contribution in [0.15, 0.2) is 24.5 Å². The Morgan fingerprint density at radius 1 is 1.40 bits per heavy atom. The highest BCUT2D eigenvalue weighted by atomic mass is 16.7. The topological polar surface area (TPSA) is 85.7 Å². The Balaban J connectivity index is 2.42. The van der Waals surface area contributed by atoms with Crippen LogP contribution in [0.2, 0.25) is 0 Å². The van der Waals surface area contributed by atoms with Gasteiger partial charge in [-0.25, -0.2) is 4.79 Å². The molecule has 6 heteroatoms. The zero-order valence-electron chi connectivity index (χ0n) is 11.4. The number of aryl methyl sites for hydroxylation is 1. The first kappa shape index (κ1) is 16.3. The summed E-state index contributed by atoms with van der Waals surface area (Å²) in [5.74, 6) is -3.12. The second-order valence-electron chi connectivity index (χ2n) is 4.28. The van der Waals surface area contributed by atoms with E-state index in [9.17, 15) is 14.7 Å². The van der Waals surface area contributed by atoms with E-state index in [0.717, 1.165) is 18.4 Å². The van der Waals surface area contributed by atoms with Crippen LogP contribution in [0.1, 0.15) is 31.7 Å². The Kier molecular flexibility index (Phi) is 6.83. The van der Waals surface area contributed by atoms with Gasteiger partial charge in [0.1, 0.15) is 0 Å². The number of hydrogen-bond donors (Lipinski definition) is 1. The molecule has 110 valence electrons. The Labute approximate surface area is 117 Å². The lowest BCUT2D eigenvalue weighted by Crippen LogP contribution is -2.42. The van der Waals surface area contributed by atoms with Gasteiger partial charge < -0.3 is 14.6 Å². The number of aliphatic hydroxyl groups is 1. The molecule has 1 aromatic rings. The fraction of sp³-hybridized carbons (Fsp3) is 0.500. The van der Waals surface area contributed by atoms with E-state index in [-0.39, 0.29) is 19.5 Å². The van der Waals surface area contributed by atoms with Crippen LogP contribution in [0.5, 0.6) is 0 Å². The van der Waals surface area contributed by atoms with Gasteiger partial charge in [0.2, 0.25) is 0 Å². The van der Waals surface area contributed by atoms with Gasteiger partial charge >= 0.3 is 12.4 Å². The van der Waals surface area contributed by atoms with E-state index >= 15 is 0 Å². The summed E-state index contributed by atoms with van der Waals surface area (Å²) in [4.78, 5) is 25.6. The Bertz CT molecular complexity index is 423. The van der Waals surface area contributed by atoms with Gasteiger partial charge in [0.25, 0.3) is 5.79 Å². The minimum Gasteiger partial charge on any atom is -0.391 e. The largest absolute Gasteiger partial charge is 0.391 e. The number of hydrogen-bond acceptors (Lipinski definition) is 6. The normalized spacial score (nSPS) is 13.5. The van der Waals surface area contributed by atoms with Crippen LogP contribution in [-0.2, 0) is 25.5 Å². The molecule has 1 aromatic heterocycles. The lowest BCUT2D eigenvalue weighted by molar-refractivity contribution is -0.227. The van der Waals surface area contributed by atoms with Crippen molar-refractivity contribution in [1.82, 2.24) is 4.98 Å². The highest BCUT2D eigenvalue weighted by Crippen LogP contribution is 2.19. The summed E-state index contributed by atoms with van der Waals surface area (Å²) < 4.78 is 9.18. The van der Waals surface area contributed by atoms with Crippen molar-refractivity contribution in [2.75, 3.05) is 6.61 Å². The number of aromatic nitrogens is 1. The van der Waals surface area contributed by atoms with Crippen LogP contribution >= 0.6 is 0 Å². The summed E-state index contributed by atoms with van der Waals surface area (Å²) in [7, 11) is 0. The fourth-order valence-corrected chi connectivity index (χ4v) is 1.85. The van der Waals surface area contributed by atoms with Crippen molar-refractivity contribution in [3.05, 3.63) is 30.1 Å². The lowest BCUT2D eigenvalue weighted by atomic mass is 10.0. The van der Waals surface area contributed by atoms with Gasteiger partial charge in [-0.1, -0.05) is 0 Å². The van der Waals surface area contributed by atoms with Crippen LogP contribution in [-0.4, -0.2) is 34.9 Å². The van der Waals surface area contributed by atoms with E-state index in [1.54, 1.807) is 19.3 Å². The molecule has 1 N–H and O–H groups in total. The highest BCUT2D eigenvalue weighted by Gasteiger charge is 2.38. The number of rotatable bonds is 9. The Hall–Kier alpha value is -1.79. The summed E-state index contributed by atoms with van der Waals surface area (Å²) >= 11 is 0. The van der Waals surface area contributed by atoms with Gasteiger partial charge in [-0.05, 0) is 43.9 Å². The molecule has 0 bridgehead atoms. The Morgan fingerprint density at radius 2 is 2.10 bits per heavy atom. The molecule has 0 aliphatic carbocycles. The first-order valence-electron chi connectivity index (χ1n) is 6.52. The molecule has 0 spiro atoms. The average molecular weight is 281 g/mol. The zero-order valence-corrected chi connectivity index (χ0v) is 11.4. The summed E-state index contributed by atoms with van der Waals surface area (Å²) in [6.07, 6.45) is 5.66. The number of pyridine rings is 1. The number of carbonyl (C=O) groups excluding carboxylic acids is 2. The third-order valence-corrected chi connectivity index (χ3v) is 2.84. The van der Waals surface area contributed by atoms with Crippen LogP contribution in [0.25, 0.3) is 0 Å². The molecule has 20 heavy (non-hydrogen) atoms. The number of nitrogens with zero attached hydrogens (tertiary/aromatic N) is 1. The minimum absolute atomic E-state index is 0.0106. The molecule has 1 rings (SSSR count). The Morgan fingerprint density at radius 3 is 2.70 bits per heavy atom. The standard InChI is InChI=1S/C14H19NO5/c1-2-20-14(18,13(17)19-11-16)8-4-3-5-12-6-9-15-10-7-12/h6-7,9-11,18H,2-5,8H2,1H3. The molecule has 6 nitrogen and oxygen atoms in total. The average Bonchev–Trinajstić information content (AvgIpc) is 2.45. The fourth-order valence-electron chi connectivity index (χ4n) is 1.85. The molecule has 0 aromatic carbocycles. The van der Waals surface area contributed by atoms with Crippen LogP contribution in [0.4, 0.5) is 0 Å². The van der Waals surface area contributed by atoms with E-state index in [4.69, 9.17) is 4.74 Å². The SMILES string of the molecule is CCOC(O)(CCCCc1ccncc1)C(=O)OC=O. The predicted molar refractivity (Wildman–Crippen MR) is 70.5 cm³/mol. The molecule has 0 saturated carbocycles. The van der Waals surface area contributed by atoms with E-state index in [1.807, 2.05) is 12.1 Å². The molecule has 1 unspecified atom stereocenters. The second kappa shape index (κ2) is 8.39. The van der Waals surface area contributed by atoms with Crippen molar-refractivity contribution in [3.8, 4) is 0 Å². The molecule has 0 saturated heterocycles. The molecule has 1 heterocycles.